The lowest BCUT2D eigenvalue weighted by Crippen LogP contribution is -2.23. The van der Waals surface area contributed by atoms with Crippen molar-refractivity contribution in [3.8, 4) is 11.3 Å². The Kier molecular flexibility index (Phi) is 5.66. The summed E-state index contributed by atoms with van der Waals surface area (Å²) in [5.74, 6) is -0.770. The zero-order valence-electron chi connectivity index (χ0n) is 17.5. The molecule has 0 aliphatic rings. The van der Waals surface area contributed by atoms with Crippen LogP contribution in [0.5, 0.6) is 0 Å². The number of nitrogens with zero attached hydrogens (tertiary/aromatic N) is 1. The number of H-pyrrole nitrogens is 1. The van der Waals surface area contributed by atoms with E-state index < -0.39 is 5.82 Å². The average molecular weight is 503 g/mol. The second kappa shape index (κ2) is 8.77. The second-order valence-corrected chi connectivity index (χ2v) is 8.71. The maximum absolute atomic E-state index is 14.7. The number of benzene rings is 3. The molecule has 0 aliphatic carbocycles. The largest absolute Gasteiger partial charge is 0.360 e. The van der Waals surface area contributed by atoms with Gasteiger partial charge in [0.05, 0.1) is 11.3 Å². The number of amides is 1. The fourth-order valence-electron chi connectivity index (χ4n) is 3.99. The number of carbonyl (C=O) groups is 1. The number of fused-ring (bicyclic) bond motifs is 2. The zero-order valence-corrected chi connectivity index (χ0v) is 19.1. The van der Waals surface area contributed by atoms with Gasteiger partial charge in [0.1, 0.15) is 11.3 Å². The monoisotopic (exact) mass is 502 g/mol. The van der Waals surface area contributed by atoms with Crippen LogP contribution in [0.3, 0.4) is 0 Å². The predicted molar refractivity (Wildman–Crippen MR) is 132 cm³/mol. The van der Waals surface area contributed by atoms with E-state index in [9.17, 15) is 9.18 Å². The van der Waals surface area contributed by atoms with Crippen molar-refractivity contribution in [2.24, 2.45) is 5.73 Å². The Labute approximate surface area is 198 Å². The summed E-state index contributed by atoms with van der Waals surface area (Å²) in [7, 11) is 0. The maximum Gasteiger partial charge on any atom is 0.252 e. The predicted octanol–water partition coefficient (Wildman–Crippen LogP) is 5.67. The lowest BCUT2D eigenvalue weighted by atomic mass is 10.0. The first-order valence-electron chi connectivity index (χ1n) is 10.5. The lowest BCUT2D eigenvalue weighted by Gasteiger charge is -2.11. The van der Waals surface area contributed by atoms with Crippen LogP contribution in [0.4, 0.5) is 4.39 Å². The summed E-state index contributed by atoms with van der Waals surface area (Å²) < 4.78 is 15.7. The minimum absolute atomic E-state index is 0.162. The molecule has 164 valence electrons. The first-order valence-corrected chi connectivity index (χ1v) is 11.2. The Bertz CT molecular complexity index is 1510. The zero-order chi connectivity index (χ0) is 22.9. The molecular formula is C26H20BrFN4O. The molecule has 2 heterocycles. The third kappa shape index (κ3) is 4.13. The van der Waals surface area contributed by atoms with Gasteiger partial charge in [-0.2, -0.15) is 0 Å². The molecule has 0 atom stereocenters. The second-order valence-electron chi connectivity index (χ2n) is 7.79. The van der Waals surface area contributed by atoms with E-state index in [4.69, 9.17) is 5.73 Å². The van der Waals surface area contributed by atoms with Crippen LogP contribution in [0.25, 0.3) is 33.1 Å². The molecule has 5 aromatic rings. The SMILES string of the molecule is NCc1cccc(CNC(=O)c2cc(-c3c[nH]c4ccc(Br)cc34)nc3c(F)cccc23)c1. The maximum atomic E-state index is 14.7. The molecule has 5 nitrogen and oxygen atoms in total. The Morgan fingerprint density at radius 2 is 1.85 bits per heavy atom. The number of halogens is 2. The van der Waals surface area contributed by atoms with Crippen LogP contribution in [-0.4, -0.2) is 15.9 Å². The van der Waals surface area contributed by atoms with E-state index in [0.29, 0.717) is 29.7 Å². The van der Waals surface area contributed by atoms with Gasteiger partial charge in [0.25, 0.3) is 5.91 Å². The van der Waals surface area contributed by atoms with Gasteiger partial charge < -0.3 is 16.0 Å². The Morgan fingerprint density at radius 1 is 1.03 bits per heavy atom. The van der Waals surface area contributed by atoms with Gasteiger partial charge in [-0.15, -0.1) is 0 Å². The van der Waals surface area contributed by atoms with E-state index in [1.807, 2.05) is 48.7 Å². The number of nitrogens with two attached hydrogens (primary N) is 1. The summed E-state index contributed by atoms with van der Waals surface area (Å²) in [6.45, 7) is 0.765. The van der Waals surface area contributed by atoms with Crippen molar-refractivity contribution < 1.29 is 9.18 Å². The van der Waals surface area contributed by atoms with Crippen molar-refractivity contribution in [2.45, 2.75) is 13.1 Å². The number of para-hydroxylation sites is 1. The van der Waals surface area contributed by atoms with Gasteiger partial charge >= 0.3 is 0 Å². The molecule has 0 fully saturated rings. The molecule has 0 saturated heterocycles. The third-order valence-electron chi connectivity index (χ3n) is 5.63. The van der Waals surface area contributed by atoms with E-state index >= 15 is 0 Å². The van der Waals surface area contributed by atoms with Crippen LogP contribution in [0, 0.1) is 5.82 Å². The van der Waals surface area contributed by atoms with Gasteiger partial charge in [-0.05, 0) is 41.5 Å². The first kappa shape index (κ1) is 21.3. The molecule has 33 heavy (non-hydrogen) atoms. The lowest BCUT2D eigenvalue weighted by molar-refractivity contribution is 0.0952. The van der Waals surface area contributed by atoms with E-state index in [0.717, 1.165) is 32.1 Å². The Balaban J connectivity index is 1.58. The summed E-state index contributed by atoms with van der Waals surface area (Å²) in [6.07, 6.45) is 1.83. The number of aromatic nitrogens is 2. The molecule has 0 spiro atoms. The highest BCUT2D eigenvalue weighted by molar-refractivity contribution is 9.10. The third-order valence-corrected chi connectivity index (χ3v) is 6.13. The van der Waals surface area contributed by atoms with E-state index in [1.54, 1.807) is 18.2 Å². The topological polar surface area (TPSA) is 83.8 Å². The molecule has 7 heteroatoms. The molecule has 0 radical (unpaired) electrons. The molecule has 0 unspecified atom stereocenters. The number of hydrogen-bond acceptors (Lipinski definition) is 3. The first-order chi connectivity index (χ1) is 16.0. The summed E-state index contributed by atoms with van der Waals surface area (Å²) in [6, 6.07) is 20.0. The van der Waals surface area contributed by atoms with Crippen LogP contribution in [-0.2, 0) is 13.1 Å². The highest BCUT2D eigenvalue weighted by Crippen LogP contribution is 2.32. The standard InChI is InChI=1S/C26H20BrFN4O/c27-17-7-8-23-19(10-17)21(14-30-23)24-11-20(18-5-2-6-22(28)25(18)32-24)26(33)31-13-16-4-1-3-15(9-16)12-29/h1-11,14,30H,12-13,29H2,(H,31,33). The average Bonchev–Trinajstić information content (AvgIpc) is 3.25. The summed E-state index contributed by atoms with van der Waals surface area (Å²) in [4.78, 5) is 21.0. The van der Waals surface area contributed by atoms with E-state index in [2.05, 4.69) is 31.2 Å². The van der Waals surface area contributed by atoms with Gasteiger partial charge in [-0.1, -0.05) is 52.3 Å². The summed E-state index contributed by atoms with van der Waals surface area (Å²) >= 11 is 3.50. The number of pyridine rings is 1. The van der Waals surface area contributed by atoms with Crippen molar-refractivity contribution >= 4 is 43.6 Å². The van der Waals surface area contributed by atoms with Crippen molar-refractivity contribution in [3.63, 3.8) is 0 Å². The van der Waals surface area contributed by atoms with Crippen molar-refractivity contribution in [3.05, 3.63) is 99.9 Å². The minimum atomic E-state index is -0.472. The quantitative estimate of drug-likeness (QED) is 0.289. The van der Waals surface area contributed by atoms with Crippen LogP contribution >= 0.6 is 15.9 Å². The smallest absolute Gasteiger partial charge is 0.252 e. The van der Waals surface area contributed by atoms with Crippen LogP contribution in [0.15, 0.2) is 77.4 Å². The Morgan fingerprint density at radius 3 is 2.70 bits per heavy atom. The highest BCUT2D eigenvalue weighted by Gasteiger charge is 2.18. The van der Waals surface area contributed by atoms with Gasteiger partial charge in [-0.25, -0.2) is 9.37 Å². The molecule has 0 saturated carbocycles. The fraction of sp³-hybridized carbons (Fsp3) is 0.0769. The molecule has 3 aromatic carbocycles. The van der Waals surface area contributed by atoms with Crippen molar-refractivity contribution in [1.82, 2.24) is 15.3 Å². The van der Waals surface area contributed by atoms with Crippen LogP contribution in [0.2, 0.25) is 0 Å². The number of hydrogen-bond donors (Lipinski definition) is 3. The summed E-state index contributed by atoms with van der Waals surface area (Å²) in [5, 5.41) is 4.35. The van der Waals surface area contributed by atoms with Crippen molar-refractivity contribution in [1.29, 1.82) is 0 Å². The highest BCUT2D eigenvalue weighted by atomic mass is 79.9. The van der Waals surface area contributed by atoms with Crippen LogP contribution < -0.4 is 11.1 Å². The van der Waals surface area contributed by atoms with Gasteiger partial charge in [0.2, 0.25) is 0 Å². The molecule has 4 N–H and O–H groups in total. The Hall–Kier alpha value is -3.55. The van der Waals surface area contributed by atoms with Gasteiger partial charge in [0, 0.05) is 45.6 Å². The van der Waals surface area contributed by atoms with Crippen LogP contribution in [0.1, 0.15) is 21.5 Å². The number of rotatable bonds is 5. The van der Waals surface area contributed by atoms with Gasteiger partial charge in [-0.3, -0.25) is 4.79 Å². The molecular weight excluding hydrogens is 483 g/mol. The number of aromatic amines is 1. The molecule has 2 aromatic heterocycles. The minimum Gasteiger partial charge on any atom is -0.360 e. The van der Waals surface area contributed by atoms with Gasteiger partial charge in [0.15, 0.2) is 0 Å². The van der Waals surface area contributed by atoms with E-state index in [-0.39, 0.29) is 11.4 Å². The molecule has 5 rings (SSSR count). The molecule has 0 aliphatic heterocycles. The molecule has 1 amide bonds. The molecule has 0 bridgehead atoms. The number of carbonyl (C=O) groups excluding carboxylic acids is 1. The normalized spacial score (nSPS) is 11.2. The number of nitrogens with one attached hydrogen (secondary N) is 2. The van der Waals surface area contributed by atoms with E-state index in [1.165, 1.54) is 6.07 Å². The summed E-state index contributed by atoms with van der Waals surface area (Å²) in [5.41, 5.74) is 10.4. The fourth-order valence-corrected chi connectivity index (χ4v) is 4.35. The van der Waals surface area contributed by atoms with Crippen molar-refractivity contribution in [2.75, 3.05) is 0 Å².